The maximum atomic E-state index is 12.5. The summed E-state index contributed by atoms with van der Waals surface area (Å²) in [6.45, 7) is 0.287. The molecule has 0 aliphatic rings. The van der Waals surface area contributed by atoms with Gasteiger partial charge in [0.25, 0.3) is 11.6 Å². The Labute approximate surface area is 172 Å². The van der Waals surface area contributed by atoms with Crippen LogP contribution in [0.1, 0.15) is 21.5 Å². The number of hydrogen-bond acceptors (Lipinski definition) is 6. The summed E-state index contributed by atoms with van der Waals surface area (Å²) in [5.74, 6) is 0.336. The SMILES string of the molecule is COc1cc(C(=O)NCc2cc([N+](=O)[O-])ccc2O)ccc1OCc1ccccc1. The average Bonchev–Trinajstić information content (AvgIpc) is 2.77. The van der Waals surface area contributed by atoms with Crippen LogP contribution in [0.2, 0.25) is 0 Å². The van der Waals surface area contributed by atoms with Crippen molar-refractivity contribution < 1.29 is 24.3 Å². The van der Waals surface area contributed by atoms with E-state index >= 15 is 0 Å². The van der Waals surface area contributed by atoms with Gasteiger partial charge in [0.2, 0.25) is 0 Å². The summed E-state index contributed by atoms with van der Waals surface area (Å²) in [6, 6.07) is 18.1. The first-order chi connectivity index (χ1) is 14.5. The van der Waals surface area contributed by atoms with Crippen LogP contribution in [0.4, 0.5) is 5.69 Å². The summed E-state index contributed by atoms with van der Waals surface area (Å²) < 4.78 is 11.1. The molecule has 3 aromatic carbocycles. The van der Waals surface area contributed by atoms with Crippen LogP contribution in [-0.4, -0.2) is 23.0 Å². The van der Waals surface area contributed by atoms with Gasteiger partial charge in [-0.15, -0.1) is 0 Å². The molecule has 0 aromatic heterocycles. The van der Waals surface area contributed by atoms with Crippen LogP contribution in [-0.2, 0) is 13.2 Å². The summed E-state index contributed by atoms with van der Waals surface area (Å²) in [4.78, 5) is 22.8. The fourth-order valence-electron chi connectivity index (χ4n) is 2.77. The number of nitrogens with one attached hydrogen (secondary N) is 1. The number of amides is 1. The second-order valence-corrected chi connectivity index (χ2v) is 6.39. The molecular weight excluding hydrogens is 388 g/mol. The van der Waals surface area contributed by atoms with E-state index in [0.717, 1.165) is 5.56 Å². The van der Waals surface area contributed by atoms with Gasteiger partial charge in [0, 0.05) is 29.8 Å². The molecule has 0 heterocycles. The van der Waals surface area contributed by atoms with E-state index in [1.807, 2.05) is 30.3 Å². The van der Waals surface area contributed by atoms with Crippen molar-refractivity contribution in [3.8, 4) is 17.2 Å². The molecule has 30 heavy (non-hydrogen) atoms. The predicted octanol–water partition coefficient (Wildman–Crippen LogP) is 3.82. The van der Waals surface area contributed by atoms with Gasteiger partial charge in [-0.1, -0.05) is 30.3 Å². The summed E-state index contributed by atoms with van der Waals surface area (Å²) in [6.07, 6.45) is 0. The number of ether oxygens (including phenoxy) is 2. The first-order valence-electron chi connectivity index (χ1n) is 9.07. The van der Waals surface area contributed by atoms with Crippen LogP contribution in [0.15, 0.2) is 66.7 Å². The van der Waals surface area contributed by atoms with Crippen molar-refractivity contribution in [1.29, 1.82) is 0 Å². The third-order valence-corrected chi connectivity index (χ3v) is 4.38. The molecule has 0 unspecified atom stereocenters. The number of nitrogens with zero attached hydrogens (tertiary/aromatic N) is 1. The third kappa shape index (κ3) is 5.05. The zero-order valence-electron chi connectivity index (χ0n) is 16.2. The molecule has 3 aromatic rings. The lowest BCUT2D eigenvalue weighted by Crippen LogP contribution is -2.23. The largest absolute Gasteiger partial charge is 0.508 e. The highest BCUT2D eigenvalue weighted by Crippen LogP contribution is 2.29. The molecule has 2 N–H and O–H groups in total. The summed E-state index contributed by atoms with van der Waals surface area (Å²) >= 11 is 0. The van der Waals surface area contributed by atoms with Crippen molar-refractivity contribution in [2.24, 2.45) is 0 Å². The maximum Gasteiger partial charge on any atom is 0.270 e. The van der Waals surface area contributed by atoms with E-state index in [1.54, 1.807) is 18.2 Å². The van der Waals surface area contributed by atoms with Gasteiger partial charge in [0.15, 0.2) is 11.5 Å². The number of phenols is 1. The molecule has 0 spiro atoms. The van der Waals surface area contributed by atoms with E-state index in [4.69, 9.17) is 9.47 Å². The topological polar surface area (TPSA) is 111 Å². The smallest absolute Gasteiger partial charge is 0.270 e. The first kappa shape index (κ1) is 20.7. The number of nitro groups is 1. The summed E-state index contributed by atoms with van der Waals surface area (Å²) in [5.41, 5.74) is 1.40. The number of phenolic OH excluding ortho intramolecular Hbond substituents is 1. The van der Waals surface area contributed by atoms with Crippen LogP contribution in [0.3, 0.4) is 0 Å². The molecular formula is C22H20N2O6. The van der Waals surface area contributed by atoms with Gasteiger partial charge in [-0.3, -0.25) is 14.9 Å². The van der Waals surface area contributed by atoms with E-state index in [9.17, 15) is 20.0 Å². The van der Waals surface area contributed by atoms with Crippen LogP contribution in [0.25, 0.3) is 0 Å². The number of carbonyl (C=O) groups excluding carboxylic acids is 1. The third-order valence-electron chi connectivity index (χ3n) is 4.38. The van der Waals surface area contributed by atoms with Gasteiger partial charge in [-0.2, -0.15) is 0 Å². The molecule has 3 rings (SSSR count). The van der Waals surface area contributed by atoms with E-state index in [0.29, 0.717) is 23.7 Å². The molecule has 8 nitrogen and oxygen atoms in total. The van der Waals surface area contributed by atoms with Crippen molar-refractivity contribution in [3.05, 3.63) is 93.5 Å². The zero-order valence-corrected chi connectivity index (χ0v) is 16.2. The molecule has 0 aliphatic heterocycles. The number of nitro benzene ring substituents is 1. The Kier molecular flexibility index (Phi) is 6.49. The molecule has 0 radical (unpaired) electrons. The van der Waals surface area contributed by atoms with E-state index < -0.39 is 10.8 Å². The molecule has 8 heteroatoms. The van der Waals surface area contributed by atoms with Gasteiger partial charge in [-0.25, -0.2) is 0 Å². The van der Waals surface area contributed by atoms with Crippen molar-refractivity contribution in [2.45, 2.75) is 13.2 Å². The van der Waals surface area contributed by atoms with Gasteiger partial charge in [0.05, 0.1) is 12.0 Å². The highest BCUT2D eigenvalue weighted by atomic mass is 16.6. The Hall–Kier alpha value is -4.07. The minimum atomic E-state index is -0.566. The molecule has 0 aliphatic carbocycles. The lowest BCUT2D eigenvalue weighted by atomic mass is 10.1. The molecule has 0 saturated heterocycles. The Morgan fingerprint density at radius 3 is 2.53 bits per heavy atom. The summed E-state index contributed by atoms with van der Waals surface area (Å²) in [5, 5.41) is 23.4. The number of hydrogen-bond donors (Lipinski definition) is 2. The van der Waals surface area contributed by atoms with E-state index in [1.165, 1.54) is 25.3 Å². The molecule has 0 saturated carbocycles. The van der Waals surface area contributed by atoms with E-state index in [2.05, 4.69) is 5.32 Å². The Morgan fingerprint density at radius 2 is 1.83 bits per heavy atom. The van der Waals surface area contributed by atoms with Crippen LogP contribution >= 0.6 is 0 Å². The number of methoxy groups -OCH3 is 1. The van der Waals surface area contributed by atoms with Gasteiger partial charge < -0.3 is 19.9 Å². The van der Waals surface area contributed by atoms with E-state index in [-0.39, 0.29) is 23.5 Å². The Balaban J connectivity index is 1.67. The molecule has 1 amide bonds. The van der Waals surface area contributed by atoms with Gasteiger partial charge in [-0.05, 0) is 29.8 Å². The number of benzene rings is 3. The number of non-ortho nitro benzene ring substituents is 1. The second kappa shape index (κ2) is 9.42. The van der Waals surface area contributed by atoms with Crippen molar-refractivity contribution in [2.75, 3.05) is 7.11 Å². The monoisotopic (exact) mass is 408 g/mol. The standard InChI is InChI=1S/C22H20N2O6/c1-29-21-12-16(7-10-20(21)30-14-15-5-3-2-4-6-15)22(26)23-13-17-11-18(24(27)28)8-9-19(17)25/h2-12,25H,13-14H2,1H3,(H,23,26). The number of aromatic hydroxyl groups is 1. The van der Waals surface area contributed by atoms with Crippen LogP contribution in [0.5, 0.6) is 17.2 Å². The number of carbonyl (C=O) groups is 1. The van der Waals surface area contributed by atoms with Crippen LogP contribution < -0.4 is 14.8 Å². The first-order valence-corrected chi connectivity index (χ1v) is 9.07. The zero-order chi connectivity index (χ0) is 21.5. The Morgan fingerprint density at radius 1 is 1.07 bits per heavy atom. The highest BCUT2D eigenvalue weighted by Gasteiger charge is 2.14. The van der Waals surface area contributed by atoms with Crippen molar-refractivity contribution >= 4 is 11.6 Å². The highest BCUT2D eigenvalue weighted by molar-refractivity contribution is 5.94. The predicted molar refractivity (Wildman–Crippen MR) is 110 cm³/mol. The minimum absolute atomic E-state index is 0.0685. The van der Waals surface area contributed by atoms with Crippen LogP contribution in [0, 0.1) is 10.1 Å². The maximum absolute atomic E-state index is 12.5. The molecule has 154 valence electrons. The van der Waals surface area contributed by atoms with Crippen molar-refractivity contribution in [1.82, 2.24) is 5.32 Å². The lowest BCUT2D eigenvalue weighted by molar-refractivity contribution is -0.384. The normalized spacial score (nSPS) is 10.3. The number of rotatable bonds is 8. The van der Waals surface area contributed by atoms with Gasteiger partial charge >= 0.3 is 0 Å². The van der Waals surface area contributed by atoms with Gasteiger partial charge in [0.1, 0.15) is 12.4 Å². The minimum Gasteiger partial charge on any atom is -0.508 e. The fourth-order valence-corrected chi connectivity index (χ4v) is 2.77. The lowest BCUT2D eigenvalue weighted by Gasteiger charge is -2.13. The average molecular weight is 408 g/mol. The summed E-state index contributed by atoms with van der Waals surface area (Å²) in [7, 11) is 1.48. The molecule has 0 atom stereocenters. The van der Waals surface area contributed by atoms with Crippen molar-refractivity contribution in [3.63, 3.8) is 0 Å². The Bertz CT molecular complexity index is 1050. The second-order valence-electron chi connectivity index (χ2n) is 6.39. The molecule has 0 fully saturated rings. The quantitative estimate of drug-likeness (QED) is 0.433. The molecule has 0 bridgehead atoms. The fraction of sp³-hybridized carbons (Fsp3) is 0.136.